The van der Waals surface area contributed by atoms with Gasteiger partial charge in [0.15, 0.2) is 0 Å². The van der Waals surface area contributed by atoms with Gasteiger partial charge in [0.2, 0.25) is 0 Å². The zero-order valence-corrected chi connectivity index (χ0v) is 16.2. The minimum absolute atomic E-state index is 0.324. The van der Waals surface area contributed by atoms with E-state index in [9.17, 15) is 9.90 Å². The third-order valence-corrected chi connectivity index (χ3v) is 6.19. The highest BCUT2D eigenvalue weighted by atomic mass is 35.5. The van der Waals surface area contributed by atoms with Crippen molar-refractivity contribution in [3.8, 4) is 5.75 Å². The van der Waals surface area contributed by atoms with Gasteiger partial charge in [-0.3, -0.25) is 4.79 Å². The highest BCUT2D eigenvalue weighted by Gasteiger charge is 2.37. The van der Waals surface area contributed by atoms with Gasteiger partial charge < -0.3 is 20.1 Å². The van der Waals surface area contributed by atoms with Crippen LogP contribution in [0.3, 0.4) is 0 Å². The fourth-order valence-electron chi connectivity index (χ4n) is 2.92. The van der Waals surface area contributed by atoms with Gasteiger partial charge >= 0.3 is 0 Å². The van der Waals surface area contributed by atoms with Crippen molar-refractivity contribution in [3.05, 3.63) is 53.1 Å². The van der Waals surface area contributed by atoms with Crippen molar-refractivity contribution >= 4 is 35.0 Å². The third kappa shape index (κ3) is 3.69. The first-order valence-corrected chi connectivity index (χ1v) is 9.55. The number of carbonyl (C=O) groups is 1. The Balaban J connectivity index is 2.04. The first-order chi connectivity index (χ1) is 12.6. The molecular formula is C19H21ClN2O3S. The van der Waals surface area contributed by atoms with Crippen molar-refractivity contribution in [2.45, 2.75) is 16.2 Å². The number of thioether (sulfide) groups is 1. The lowest BCUT2D eigenvalue weighted by Gasteiger charge is -2.25. The summed E-state index contributed by atoms with van der Waals surface area (Å²) >= 11 is 7.85. The van der Waals surface area contributed by atoms with Crippen LogP contribution in [0, 0.1) is 0 Å². The van der Waals surface area contributed by atoms with E-state index in [0.717, 1.165) is 21.9 Å². The van der Waals surface area contributed by atoms with E-state index in [2.05, 4.69) is 5.32 Å². The van der Waals surface area contributed by atoms with Gasteiger partial charge in [-0.2, -0.15) is 0 Å². The van der Waals surface area contributed by atoms with E-state index < -0.39 is 11.4 Å². The molecule has 0 saturated carbocycles. The number of fused-ring (bicyclic) bond motifs is 1. The normalized spacial score (nSPS) is 19.8. The van der Waals surface area contributed by atoms with Gasteiger partial charge in [0.1, 0.15) is 11.9 Å². The summed E-state index contributed by atoms with van der Waals surface area (Å²) in [5, 5.41) is 14.0. The number of nitrogens with one attached hydrogen (secondary N) is 1. The van der Waals surface area contributed by atoms with Crippen LogP contribution in [-0.4, -0.2) is 44.4 Å². The number of likely N-dealkylation sites (N-methyl/N-ethyl adjacent to an activating group) is 1. The summed E-state index contributed by atoms with van der Waals surface area (Å²) in [4.78, 5) is 15.4. The quantitative estimate of drug-likeness (QED) is 0.818. The van der Waals surface area contributed by atoms with Gasteiger partial charge in [0.05, 0.1) is 28.0 Å². The van der Waals surface area contributed by atoms with Gasteiger partial charge in [0, 0.05) is 13.1 Å². The predicted octanol–water partition coefficient (Wildman–Crippen LogP) is 3.11. The molecule has 7 heteroatoms. The maximum Gasteiger partial charge on any atom is 0.257 e. The summed E-state index contributed by atoms with van der Waals surface area (Å²) in [6, 6.07) is 12.9. The Morgan fingerprint density at radius 2 is 2.00 bits per heavy atom. The van der Waals surface area contributed by atoms with E-state index >= 15 is 0 Å². The average molecular weight is 393 g/mol. The Hall–Kier alpha value is -1.73. The zero-order chi connectivity index (χ0) is 18.7. The Morgan fingerprint density at radius 1 is 1.27 bits per heavy atom. The Morgan fingerprint density at radius 3 is 2.65 bits per heavy atom. The van der Waals surface area contributed by atoms with Gasteiger partial charge in [-0.25, -0.2) is 0 Å². The van der Waals surface area contributed by atoms with Crippen LogP contribution in [0.25, 0.3) is 0 Å². The standard InChI is InChI=1S/C19H21ClN2O3S/c1-21-10-11-22-15-5-3-4-14(20)18(15)26-17(16(23)19(22)24)12-6-8-13(25-2)9-7-12/h3-9,16-17,21,23H,10-11H2,1-2H3. The molecule has 3 rings (SSSR count). The number of hydrogen-bond donors (Lipinski definition) is 2. The number of aliphatic hydroxyl groups excluding tert-OH is 1. The molecule has 1 heterocycles. The number of methoxy groups -OCH3 is 1. The van der Waals surface area contributed by atoms with Crippen LogP contribution in [-0.2, 0) is 4.79 Å². The monoisotopic (exact) mass is 392 g/mol. The number of anilines is 1. The van der Waals surface area contributed by atoms with Crippen molar-refractivity contribution in [1.29, 1.82) is 0 Å². The van der Waals surface area contributed by atoms with E-state index in [0.29, 0.717) is 18.1 Å². The lowest BCUT2D eigenvalue weighted by atomic mass is 10.1. The number of aliphatic hydroxyl groups is 1. The second-order valence-corrected chi connectivity index (χ2v) is 7.50. The molecule has 2 aromatic rings. The van der Waals surface area contributed by atoms with Crippen molar-refractivity contribution in [3.63, 3.8) is 0 Å². The first kappa shape index (κ1) is 19.0. The third-order valence-electron chi connectivity index (χ3n) is 4.32. The highest BCUT2D eigenvalue weighted by Crippen LogP contribution is 2.48. The molecule has 2 N–H and O–H groups in total. The number of halogens is 1. The number of rotatable bonds is 5. The molecule has 5 nitrogen and oxygen atoms in total. The largest absolute Gasteiger partial charge is 0.497 e. The Labute approximate surface area is 162 Å². The summed E-state index contributed by atoms with van der Waals surface area (Å²) in [6.45, 7) is 1.07. The molecule has 1 amide bonds. The fraction of sp³-hybridized carbons (Fsp3) is 0.316. The Bertz CT molecular complexity index is 785. The summed E-state index contributed by atoms with van der Waals surface area (Å²) in [6.07, 6.45) is -1.17. The van der Waals surface area contributed by atoms with E-state index in [4.69, 9.17) is 16.3 Å². The minimum atomic E-state index is -1.17. The lowest BCUT2D eigenvalue weighted by Crippen LogP contribution is -2.43. The smallest absolute Gasteiger partial charge is 0.257 e. The fourth-order valence-corrected chi connectivity index (χ4v) is 4.50. The molecule has 0 spiro atoms. The van der Waals surface area contributed by atoms with Crippen molar-refractivity contribution in [2.24, 2.45) is 0 Å². The second kappa shape index (κ2) is 8.31. The lowest BCUT2D eigenvalue weighted by molar-refractivity contribution is -0.126. The Kier molecular flexibility index (Phi) is 6.09. The maximum atomic E-state index is 13.0. The van der Waals surface area contributed by atoms with E-state index in [1.165, 1.54) is 11.8 Å². The van der Waals surface area contributed by atoms with E-state index in [1.54, 1.807) is 18.1 Å². The molecule has 2 atom stereocenters. The molecule has 1 aliphatic rings. The van der Waals surface area contributed by atoms with Crippen LogP contribution >= 0.6 is 23.4 Å². The summed E-state index contributed by atoms with van der Waals surface area (Å²) in [5.41, 5.74) is 1.58. The first-order valence-electron chi connectivity index (χ1n) is 8.30. The van der Waals surface area contributed by atoms with Crippen molar-refractivity contribution in [2.75, 3.05) is 32.1 Å². The van der Waals surface area contributed by atoms with Gasteiger partial charge in [0.25, 0.3) is 5.91 Å². The maximum absolute atomic E-state index is 13.0. The topological polar surface area (TPSA) is 61.8 Å². The van der Waals surface area contributed by atoms with Crippen LogP contribution in [0.1, 0.15) is 10.8 Å². The van der Waals surface area contributed by atoms with Crippen LogP contribution < -0.4 is 15.0 Å². The van der Waals surface area contributed by atoms with Gasteiger partial charge in [-0.15, -0.1) is 11.8 Å². The van der Waals surface area contributed by atoms with Crippen LogP contribution in [0.15, 0.2) is 47.4 Å². The summed E-state index contributed by atoms with van der Waals surface area (Å²) in [5.74, 6) is 0.400. The second-order valence-electron chi connectivity index (χ2n) is 5.94. The minimum Gasteiger partial charge on any atom is -0.497 e. The molecule has 0 bridgehead atoms. The molecule has 0 fully saturated rings. The predicted molar refractivity (Wildman–Crippen MR) is 105 cm³/mol. The molecular weight excluding hydrogens is 372 g/mol. The number of nitrogens with zero attached hydrogens (tertiary/aromatic N) is 1. The number of hydrogen-bond acceptors (Lipinski definition) is 5. The molecule has 2 unspecified atom stereocenters. The molecule has 138 valence electrons. The van der Waals surface area contributed by atoms with Crippen LogP contribution in [0.5, 0.6) is 5.75 Å². The van der Waals surface area contributed by atoms with Crippen molar-refractivity contribution < 1.29 is 14.6 Å². The number of ether oxygens (including phenoxy) is 1. The number of carbonyl (C=O) groups excluding carboxylic acids is 1. The number of amides is 1. The average Bonchev–Trinajstić information content (AvgIpc) is 2.77. The molecule has 2 aromatic carbocycles. The number of benzene rings is 2. The summed E-state index contributed by atoms with van der Waals surface area (Å²) in [7, 11) is 3.43. The van der Waals surface area contributed by atoms with Crippen molar-refractivity contribution in [1.82, 2.24) is 5.32 Å². The van der Waals surface area contributed by atoms with Gasteiger partial charge in [-0.05, 0) is 36.9 Å². The summed E-state index contributed by atoms with van der Waals surface area (Å²) < 4.78 is 5.19. The molecule has 1 aliphatic heterocycles. The van der Waals surface area contributed by atoms with E-state index in [-0.39, 0.29) is 5.91 Å². The molecule has 26 heavy (non-hydrogen) atoms. The zero-order valence-electron chi connectivity index (χ0n) is 14.6. The SMILES string of the molecule is CNCCN1C(=O)C(O)C(c2ccc(OC)cc2)Sc2c(Cl)cccc21. The van der Waals surface area contributed by atoms with E-state index in [1.807, 2.05) is 43.4 Å². The molecule has 0 radical (unpaired) electrons. The van der Waals surface area contributed by atoms with Crippen LogP contribution in [0.2, 0.25) is 5.02 Å². The van der Waals surface area contributed by atoms with Crippen LogP contribution in [0.4, 0.5) is 5.69 Å². The van der Waals surface area contributed by atoms with Gasteiger partial charge in [-0.1, -0.05) is 29.8 Å². The molecule has 0 aromatic heterocycles. The molecule has 0 aliphatic carbocycles. The highest BCUT2D eigenvalue weighted by molar-refractivity contribution is 8.00. The molecule has 0 saturated heterocycles.